The van der Waals surface area contributed by atoms with Crippen molar-refractivity contribution in [1.82, 2.24) is 9.62 Å². The first-order valence-electron chi connectivity index (χ1n) is 8.37. The van der Waals surface area contributed by atoms with Crippen molar-refractivity contribution in [2.75, 3.05) is 31.1 Å². The number of hydrogen-bond donors (Lipinski definition) is 1. The molecular weight excluding hydrogens is 390 g/mol. The van der Waals surface area contributed by atoms with E-state index in [1.165, 1.54) is 22.5 Å². The van der Waals surface area contributed by atoms with Crippen LogP contribution >= 0.6 is 11.6 Å². The lowest BCUT2D eigenvalue weighted by atomic mass is 10.1. The fourth-order valence-electron chi connectivity index (χ4n) is 3.32. The zero-order chi connectivity index (χ0) is 19.2. The third-order valence-corrected chi connectivity index (χ3v) is 6.89. The molecule has 2 aromatic rings. The Hall–Kier alpha value is -2.42. The molecule has 0 saturated carbocycles. The maximum Gasteiger partial charge on any atom is 0.258 e. The van der Waals surface area contributed by atoms with Gasteiger partial charge >= 0.3 is 0 Å². The maximum absolute atomic E-state index is 12.9. The summed E-state index contributed by atoms with van der Waals surface area (Å²) in [6.45, 7) is 1.70. The summed E-state index contributed by atoms with van der Waals surface area (Å²) in [5.41, 5.74) is 1.25. The summed E-state index contributed by atoms with van der Waals surface area (Å²) in [7, 11) is -3.75. The predicted octanol–water partition coefficient (Wildman–Crippen LogP) is 1.73. The van der Waals surface area contributed by atoms with Gasteiger partial charge in [0.15, 0.2) is 0 Å². The van der Waals surface area contributed by atoms with E-state index in [9.17, 15) is 18.0 Å². The summed E-state index contributed by atoms with van der Waals surface area (Å²) in [5.74, 6) is -1.08. The van der Waals surface area contributed by atoms with Crippen molar-refractivity contribution in [2.24, 2.45) is 0 Å². The minimum atomic E-state index is -3.75. The number of imide groups is 1. The molecule has 2 heterocycles. The van der Waals surface area contributed by atoms with Gasteiger partial charge in [-0.1, -0.05) is 17.7 Å². The number of rotatable bonds is 3. The Kier molecular flexibility index (Phi) is 4.41. The van der Waals surface area contributed by atoms with Crippen LogP contribution in [0.15, 0.2) is 47.4 Å². The number of sulfonamides is 1. The quantitative estimate of drug-likeness (QED) is 0.786. The van der Waals surface area contributed by atoms with Gasteiger partial charge in [0.25, 0.3) is 11.8 Å². The van der Waals surface area contributed by atoms with Crippen molar-refractivity contribution in [1.29, 1.82) is 0 Å². The van der Waals surface area contributed by atoms with Gasteiger partial charge in [-0.15, -0.1) is 0 Å². The van der Waals surface area contributed by atoms with Crippen LogP contribution in [0, 0.1) is 0 Å². The van der Waals surface area contributed by atoms with E-state index in [4.69, 9.17) is 11.6 Å². The molecule has 9 heteroatoms. The second kappa shape index (κ2) is 6.63. The minimum Gasteiger partial charge on any atom is -0.369 e. The molecule has 0 bridgehead atoms. The molecule has 27 heavy (non-hydrogen) atoms. The van der Waals surface area contributed by atoms with Crippen molar-refractivity contribution in [3.63, 3.8) is 0 Å². The Balaban J connectivity index is 1.53. The highest BCUT2D eigenvalue weighted by molar-refractivity contribution is 7.89. The number of benzene rings is 2. The number of fused-ring (bicyclic) bond motifs is 1. The standard InChI is InChI=1S/C18H16ClN3O4S/c19-12-2-1-3-13(10-12)21-6-8-22(9-7-21)27(25,26)14-4-5-15-16(11-14)18(24)20-17(15)23/h1-5,10-11H,6-9H2,(H,20,23,24). The third kappa shape index (κ3) is 3.20. The van der Waals surface area contributed by atoms with Crippen LogP contribution in [0.1, 0.15) is 20.7 Å². The Morgan fingerprint density at radius 1 is 0.889 bits per heavy atom. The van der Waals surface area contributed by atoms with Crippen LogP contribution < -0.4 is 10.2 Å². The highest BCUT2D eigenvalue weighted by Gasteiger charge is 2.32. The van der Waals surface area contributed by atoms with Gasteiger partial charge < -0.3 is 4.90 Å². The molecule has 2 aliphatic rings. The van der Waals surface area contributed by atoms with E-state index >= 15 is 0 Å². The number of halogens is 1. The van der Waals surface area contributed by atoms with E-state index < -0.39 is 21.8 Å². The Bertz CT molecular complexity index is 1050. The number of nitrogens with one attached hydrogen (secondary N) is 1. The van der Waals surface area contributed by atoms with Gasteiger partial charge in [0, 0.05) is 36.9 Å². The summed E-state index contributed by atoms with van der Waals surface area (Å²) in [5, 5.41) is 2.80. The summed E-state index contributed by atoms with van der Waals surface area (Å²) in [4.78, 5) is 25.5. The molecule has 1 fully saturated rings. The molecule has 0 aromatic heterocycles. The molecule has 140 valence electrons. The van der Waals surface area contributed by atoms with Gasteiger partial charge in [-0.05, 0) is 36.4 Å². The maximum atomic E-state index is 12.9. The van der Waals surface area contributed by atoms with Crippen molar-refractivity contribution in [3.8, 4) is 0 Å². The number of carbonyl (C=O) groups excluding carboxylic acids is 2. The number of amides is 2. The minimum absolute atomic E-state index is 0.0160. The number of anilines is 1. The number of carbonyl (C=O) groups is 2. The Morgan fingerprint density at radius 3 is 2.30 bits per heavy atom. The molecule has 2 aliphatic heterocycles. The molecule has 4 rings (SSSR count). The lowest BCUT2D eigenvalue weighted by molar-refractivity contribution is 0.0879. The van der Waals surface area contributed by atoms with Crippen molar-refractivity contribution >= 4 is 39.1 Å². The second-order valence-electron chi connectivity index (χ2n) is 6.36. The highest BCUT2D eigenvalue weighted by atomic mass is 35.5. The molecule has 0 spiro atoms. The van der Waals surface area contributed by atoms with Crippen LogP contribution in [-0.4, -0.2) is 50.7 Å². The van der Waals surface area contributed by atoms with Gasteiger partial charge in [-0.3, -0.25) is 14.9 Å². The molecule has 1 saturated heterocycles. The lowest BCUT2D eigenvalue weighted by Gasteiger charge is -2.35. The first-order valence-corrected chi connectivity index (χ1v) is 10.2. The zero-order valence-electron chi connectivity index (χ0n) is 14.2. The van der Waals surface area contributed by atoms with Crippen LogP contribution in [0.4, 0.5) is 5.69 Å². The lowest BCUT2D eigenvalue weighted by Crippen LogP contribution is -2.48. The monoisotopic (exact) mass is 405 g/mol. The summed E-state index contributed by atoms with van der Waals surface area (Å²) in [6.07, 6.45) is 0. The zero-order valence-corrected chi connectivity index (χ0v) is 15.8. The molecular formula is C18H16ClN3O4S. The SMILES string of the molecule is O=C1NC(=O)c2cc(S(=O)(=O)N3CCN(c4cccc(Cl)c4)CC3)ccc21. The largest absolute Gasteiger partial charge is 0.369 e. The Morgan fingerprint density at radius 2 is 1.59 bits per heavy atom. The normalized spacial score (nSPS) is 17.7. The van der Waals surface area contributed by atoms with E-state index in [1.54, 1.807) is 6.07 Å². The molecule has 2 amide bonds. The average Bonchev–Trinajstić information content (AvgIpc) is 2.95. The average molecular weight is 406 g/mol. The summed E-state index contributed by atoms with van der Waals surface area (Å²) < 4.78 is 27.3. The van der Waals surface area contributed by atoms with E-state index in [1.807, 2.05) is 18.2 Å². The molecule has 7 nitrogen and oxygen atoms in total. The molecule has 0 radical (unpaired) electrons. The molecule has 1 N–H and O–H groups in total. The highest BCUT2D eigenvalue weighted by Crippen LogP contribution is 2.25. The molecule has 0 aliphatic carbocycles. The first-order chi connectivity index (χ1) is 12.9. The van der Waals surface area contributed by atoms with Crippen LogP contribution in [-0.2, 0) is 10.0 Å². The summed E-state index contributed by atoms with van der Waals surface area (Å²) in [6, 6.07) is 11.5. The van der Waals surface area contributed by atoms with E-state index in [0.717, 1.165) is 5.69 Å². The third-order valence-electron chi connectivity index (χ3n) is 4.76. The van der Waals surface area contributed by atoms with Crippen LogP contribution in [0.3, 0.4) is 0 Å². The van der Waals surface area contributed by atoms with Crippen LogP contribution in [0.5, 0.6) is 0 Å². The first kappa shape index (κ1) is 18.0. The smallest absolute Gasteiger partial charge is 0.258 e. The van der Waals surface area contributed by atoms with Gasteiger partial charge in [0.05, 0.1) is 16.0 Å². The van der Waals surface area contributed by atoms with Gasteiger partial charge in [0.2, 0.25) is 10.0 Å². The molecule has 0 unspecified atom stereocenters. The van der Waals surface area contributed by atoms with Crippen molar-refractivity contribution in [3.05, 3.63) is 58.6 Å². The van der Waals surface area contributed by atoms with E-state index in [-0.39, 0.29) is 16.0 Å². The van der Waals surface area contributed by atoms with E-state index in [2.05, 4.69) is 10.2 Å². The van der Waals surface area contributed by atoms with Crippen LogP contribution in [0.25, 0.3) is 0 Å². The topological polar surface area (TPSA) is 86.8 Å². The fraction of sp³-hybridized carbons (Fsp3) is 0.222. The van der Waals surface area contributed by atoms with Gasteiger partial charge in [-0.2, -0.15) is 4.31 Å². The van der Waals surface area contributed by atoms with Gasteiger partial charge in [0.1, 0.15) is 0 Å². The van der Waals surface area contributed by atoms with Crippen molar-refractivity contribution in [2.45, 2.75) is 4.90 Å². The molecule has 2 aromatic carbocycles. The predicted molar refractivity (Wildman–Crippen MR) is 101 cm³/mol. The second-order valence-corrected chi connectivity index (χ2v) is 8.74. The van der Waals surface area contributed by atoms with E-state index in [0.29, 0.717) is 31.2 Å². The fourth-order valence-corrected chi connectivity index (χ4v) is 4.95. The van der Waals surface area contributed by atoms with Crippen molar-refractivity contribution < 1.29 is 18.0 Å². The Labute approximate surface area is 161 Å². The molecule has 0 atom stereocenters. The van der Waals surface area contributed by atoms with Gasteiger partial charge in [-0.25, -0.2) is 8.42 Å². The number of nitrogens with zero attached hydrogens (tertiary/aromatic N) is 2. The number of hydrogen-bond acceptors (Lipinski definition) is 5. The number of piperazine rings is 1. The summed E-state index contributed by atoms with van der Waals surface area (Å²) >= 11 is 6.02. The van der Waals surface area contributed by atoms with Crippen LogP contribution in [0.2, 0.25) is 5.02 Å².